The van der Waals surface area contributed by atoms with E-state index in [4.69, 9.17) is 11.3 Å². The van der Waals surface area contributed by atoms with Crippen LogP contribution in [0.4, 0.5) is 5.82 Å². The first kappa shape index (κ1) is 17.3. The molecule has 0 saturated heterocycles. The Balaban J connectivity index is 2.86. The number of hydrogen-bond acceptors (Lipinski definition) is 4. The van der Waals surface area contributed by atoms with Crippen LogP contribution in [0.3, 0.4) is 0 Å². The van der Waals surface area contributed by atoms with Crippen molar-refractivity contribution in [3.8, 4) is 0 Å². The van der Waals surface area contributed by atoms with Crippen LogP contribution in [-0.4, -0.2) is 29.4 Å². The molecule has 8 heteroatoms. The van der Waals surface area contributed by atoms with Gasteiger partial charge < -0.3 is 19.7 Å². The lowest BCUT2D eigenvalue weighted by Gasteiger charge is -2.15. The summed E-state index contributed by atoms with van der Waals surface area (Å²) in [6, 6.07) is 2.36. The van der Waals surface area contributed by atoms with Gasteiger partial charge in [-0.05, 0) is 11.0 Å². The third-order valence-electron chi connectivity index (χ3n) is 3.07. The number of aromatic nitrogens is 2. The molecule has 0 aliphatic carbocycles. The molecule has 0 N–H and O–H groups in total. The van der Waals surface area contributed by atoms with E-state index in [2.05, 4.69) is 29.6 Å². The normalized spacial score (nSPS) is 12.2. The molecule has 116 valence electrons. The summed E-state index contributed by atoms with van der Waals surface area (Å²) in [6.45, 7) is 18.1. The van der Waals surface area contributed by atoms with E-state index in [1.165, 1.54) is 10.7 Å². The highest BCUT2D eigenvalue weighted by atomic mass is 28.3. The van der Waals surface area contributed by atoms with E-state index in [0.717, 1.165) is 6.04 Å². The van der Waals surface area contributed by atoms with E-state index >= 15 is 0 Å². The van der Waals surface area contributed by atoms with Gasteiger partial charge in [0.15, 0.2) is 12.4 Å². The lowest BCUT2D eigenvalue weighted by molar-refractivity contribution is -0.389. The van der Waals surface area contributed by atoms with E-state index in [-0.39, 0.29) is 12.5 Å². The molecule has 0 aliphatic heterocycles. The van der Waals surface area contributed by atoms with Crippen molar-refractivity contribution >= 4 is 13.9 Å². The third-order valence-corrected chi connectivity index (χ3v) is 4.77. The summed E-state index contributed by atoms with van der Waals surface area (Å²) < 4.78 is 7.00. The highest BCUT2D eigenvalue weighted by molar-refractivity contribution is 6.76. The van der Waals surface area contributed by atoms with Crippen LogP contribution in [0.2, 0.25) is 25.7 Å². The van der Waals surface area contributed by atoms with Gasteiger partial charge in [0, 0.05) is 28.5 Å². The minimum atomic E-state index is -1.18. The average Bonchev–Trinajstić information content (AvgIpc) is 2.78. The van der Waals surface area contributed by atoms with Crippen LogP contribution >= 0.6 is 0 Å². The molecular weight excluding hydrogens is 288 g/mol. The average molecular weight is 310 g/mol. The van der Waals surface area contributed by atoms with Gasteiger partial charge in [0.2, 0.25) is 0 Å². The monoisotopic (exact) mass is 310 g/mol. The Morgan fingerprint density at radius 3 is 2.62 bits per heavy atom. The number of nitrogens with zero attached hydrogens (tertiary/aromatic N) is 4. The Labute approximate surface area is 125 Å². The molecule has 0 radical (unpaired) electrons. The Morgan fingerprint density at radius 2 is 2.14 bits per heavy atom. The van der Waals surface area contributed by atoms with Gasteiger partial charge in [0.1, 0.15) is 0 Å². The van der Waals surface area contributed by atoms with Crippen molar-refractivity contribution in [1.29, 1.82) is 0 Å². The van der Waals surface area contributed by atoms with E-state index in [1.807, 2.05) is 0 Å². The molecule has 0 spiro atoms. The largest absolute Gasteiger partial charge is 0.390 e. The predicted octanol–water partition coefficient (Wildman–Crippen LogP) is 3.26. The first-order valence-corrected chi connectivity index (χ1v) is 10.5. The molecule has 0 unspecified atom stereocenters. The summed E-state index contributed by atoms with van der Waals surface area (Å²) in [5, 5.41) is 14.8. The maximum Gasteiger partial charge on any atom is 0.390 e. The zero-order valence-electron chi connectivity index (χ0n) is 13.2. The molecule has 1 rings (SSSR count). The highest BCUT2D eigenvalue weighted by Gasteiger charge is 2.35. The number of rotatable bonds is 7. The molecule has 7 nitrogen and oxygen atoms in total. The summed E-state index contributed by atoms with van der Waals surface area (Å²) in [4.78, 5) is 13.8. The van der Waals surface area contributed by atoms with E-state index in [0.29, 0.717) is 12.3 Å². The number of nitro groups is 1. The van der Waals surface area contributed by atoms with Gasteiger partial charge in [-0.1, -0.05) is 19.6 Å². The first-order chi connectivity index (χ1) is 9.57. The minimum Gasteiger partial charge on any atom is -0.358 e. The van der Waals surface area contributed by atoms with Gasteiger partial charge >= 0.3 is 5.82 Å². The summed E-state index contributed by atoms with van der Waals surface area (Å²) >= 11 is 0. The molecule has 0 saturated carbocycles. The summed E-state index contributed by atoms with van der Waals surface area (Å²) in [6.07, 6.45) is 0. The lowest BCUT2D eigenvalue weighted by Crippen LogP contribution is -2.23. The zero-order chi connectivity index (χ0) is 16.3. The van der Waals surface area contributed by atoms with Gasteiger partial charge in [0.25, 0.3) is 5.54 Å². The van der Waals surface area contributed by atoms with Crippen LogP contribution in [-0.2, 0) is 17.0 Å². The highest BCUT2D eigenvalue weighted by Crippen LogP contribution is 2.27. The molecule has 1 aromatic rings. The van der Waals surface area contributed by atoms with Crippen LogP contribution in [0, 0.1) is 16.7 Å². The topological polar surface area (TPSA) is 74.5 Å². The van der Waals surface area contributed by atoms with Crippen molar-refractivity contribution in [2.45, 2.75) is 51.8 Å². The number of hydrogen-bond donors (Lipinski definition) is 0. The second-order valence-corrected chi connectivity index (χ2v) is 12.3. The molecular formula is C13H22N4O3Si. The van der Waals surface area contributed by atoms with Crippen molar-refractivity contribution in [2.24, 2.45) is 0 Å². The fourth-order valence-electron chi connectivity index (χ4n) is 1.67. The first-order valence-electron chi connectivity index (χ1n) is 6.76. The van der Waals surface area contributed by atoms with E-state index < -0.39 is 18.5 Å². The maximum absolute atomic E-state index is 10.9. The van der Waals surface area contributed by atoms with Gasteiger partial charge in [-0.2, -0.15) is 0 Å². The fraction of sp³-hybridized carbons (Fsp3) is 0.692. The SMILES string of the molecule is [C-]#[N+]C(C)(C)c1cc([N+](=O)[O-])nn1COCC[Si](C)(C)C. The number of ether oxygens (including phenoxy) is 1. The van der Waals surface area contributed by atoms with Crippen LogP contribution < -0.4 is 0 Å². The van der Waals surface area contributed by atoms with Crippen molar-refractivity contribution in [1.82, 2.24) is 9.78 Å². The molecule has 0 aliphatic rings. The second-order valence-electron chi connectivity index (χ2n) is 6.66. The van der Waals surface area contributed by atoms with Crippen molar-refractivity contribution < 1.29 is 9.66 Å². The molecule has 1 aromatic heterocycles. The van der Waals surface area contributed by atoms with Crippen molar-refractivity contribution in [3.63, 3.8) is 0 Å². The van der Waals surface area contributed by atoms with E-state index in [9.17, 15) is 10.1 Å². The fourth-order valence-corrected chi connectivity index (χ4v) is 2.43. The smallest absolute Gasteiger partial charge is 0.358 e. The van der Waals surface area contributed by atoms with Crippen LogP contribution in [0.15, 0.2) is 6.07 Å². The molecule has 0 fully saturated rings. The standard InChI is InChI=1S/C13H22N4O3Si/c1-13(2,14-3)11-9-12(17(18)19)15-16(11)10-20-7-8-21(4,5)6/h9H,7-8,10H2,1-2,4-6H3. The van der Waals surface area contributed by atoms with Crippen LogP contribution in [0.1, 0.15) is 19.5 Å². The van der Waals surface area contributed by atoms with Crippen LogP contribution in [0.5, 0.6) is 0 Å². The van der Waals surface area contributed by atoms with Gasteiger partial charge in [0.05, 0.1) is 11.2 Å². The van der Waals surface area contributed by atoms with E-state index in [1.54, 1.807) is 13.8 Å². The van der Waals surface area contributed by atoms with Gasteiger partial charge in [-0.15, -0.1) is 4.68 Å². The molecule has 0 atom stereocenters. The molecule has 0 amide bonds. The molecule has 21 heavy (non-hydrogen) atoms. The summed E-state index contributed by atoms with van der Waals surface area (Å²) in [5.74, 6) is -0.254. The Bertz CT molecular complexity index is 555. The summed E-state index contributed by atoms with van der Waals surface area (Å²) in [5.41, 5.74) is -0.374. The van der Waals surface area contributed by atoms with Gasteiger partial charge in [-0.25, -0.2) is 6.57 Å². The predicted molar refractivity (Wildman–Crippen MR) is 82.6 cm³/mol. The summed E-state index contributed by atoms with van der Waals surface area (Å²) in [7, 11) is -1.18. The zero-order valence-corrected chi connectivity index (χ0v) is 14.2. The Kier molecular flexibility index (Phi) is 5.25. The molecule has 0 bridgehead atoms. The molecule has 0 aromatic carbocycles. The van der Waals surface area contributed by atoms with Crippen LogP contribution in [0.25, 0.3) is 4.85 Å². The quantitative estimate of drug-likeness (QED) is 0.255. The van der Waals surface area contributed by atoms with Gasteiger partial charge in [-0.3, -0.25) is 0 Å². The lowest BCUT2D eigenvalue weighted by atomic mass is 10.0. The van der Waals surface area contributed by atoms with Crippen molar-refractivity contribution in [3.05, 3.63) is 33.3 Å². The second kappa shape index (κ2) is 6.36. The molecule has 1 heterocycles. The minimum absolute atomic E-state index is 0.132. The maximum atomic E-state index is 10.9. The Hall–Kier alpha value is -1.72. The van der Waals surface area contributed by atoms with Crippen molar-refractivity contribution in [2.75, 3.05) is 6.61 Å². The third kappa shape index (κ3) is 4.95. The Morgan fingerprint density at radius 1 is 1.52 bits per heavy atom.